The van der Waals surface area contributed by atoms with Crippen molar-refractivity contribution in [2.45, 2.75) is 13.8 Å². The van der Waals surface area contributed by atoms with E-state index >= 15 is 0 Å². The van der Waals surface area contributed by atoms with Gasteiger partial charge in [-0.15, -0.1) is 0 Å². The number of carbonyl (C=O) groups is 2. The molecule has 0 radical (unpaired) electrons. The fourth-order valence-corrected chi connectivity index (χ4v) is 2.72. The first-order valence-electron chi connectivity index (χ1n) is 8.19. The number of para-hydroxylation sites is 1. The van der Waals surface area contributed by atoms with Gasteiger partial charge >= 0.3 is 5.97 Å². The monoisotopic (exact) mass is 353 g/mol. The molecule has 1 amide bonds. The van der Waals surface area contributed by atoms with Crippen LogP contribution in [-0.2, 0) is 4.74 Å². The number of benzene rings is 2. The van der Waals surface area contributed by atoms with Crippen molar-refractivity contribution in [2.75, 3.05) is 19.0 Å². The van der Waals surface area contributed by atoms with Gasteiger partial charge in [0.25, 0.3) is 5.91 Å². The molecule has 2 aromatic carbocycles. The topological polar surface area (TPSA) is 77.8 Å². The summed E-state index contributed by atoms with van der Waals surface area (Å²) in [6.07, 6.45) is 0. The lowest BCUT2D eigenvalue weighted by molar-refractivity contribution is 0.0491. The highest BCUT2D eigenvalue weighted by atomic mass is 16.5. The smallest absolute Gasteiger partial charge is 0.374 e. The SMILES string of the molecule is CCOC(=O)c1oc2ccc(NC(=O)c3ccccc3OC)cc2c1C. The van der Waals surface area contributed by atoms with Gasteiger partial charge in [-0.05, 0) is 44.2 Å². The molecule has 6 heteroatoms. The minimum atomic E-state index is -0.499. The fraction of sp³-hybridized carbons (Fsp3) is 0.200. The fourth-order valence-electron chi connectivity index (χ4n) is 2.72. The summed E-state index contributed by atoms with van der Waals surface area (Å²) in [6, 6.07) is 12.2. The van der Waals surface area contributed by atoms with Gasteiger partial charge < -0.3 is 19.2 Å². The number of fused-ring (bicyclic) bond motifs is 1. The number of carbonyl (C=O) groups excluding carboxylic acids is 2. The van der Waals surface area contributed by atoms with Gasteiger partial charge in [0, 0.05) is 16.6 Å². The van der Waals surface area contributed by atoms with E-state index in [2.05, 4.69) is 5.32 Å². The van der Waals surface area contributed by atoms with Gasteiger partial charge in [-0.2, -0.15) is 0 Å². The van der Waals surface area contributed by atoms with Gasteiger partial charge in [-0.25, -0.2) is 4.79 Å². The first kappa shape index (κ1) is 17.5. The quantitative estimate of drug-likeness (QED) is 0.696. The Labute approximate surface area is 150 Å². The zero-order valence-electron chi connectivity index (χ0n) is 14.8. The van der Waals surface area contributed by atoms with Gasteiger partial charge in [-0.3, -0.25) is 4.79 Å². The number of aryl methyl sites for hydroxylation is 1. The third-order valence-corrected chi connectivity index (χ3v) is 4.01. The second-order valence-corrected chi connectivity index (χ2v) is 5.64. The van der Waals surface area contributed by atoms with E-state index in [0.717, 1.165) is 5.39 Å². The standard InChI is InChI=1S/C20H19NO5/c1-4-25-20(23)18-12(2)15-11-13(9-10-17(15)26-18)21-19(22)14-7-5-6-8-16(14)24-3/h5-11H,4H2,1-3H3,(H,21,22). The maximum Gasteiger partial charge on any atom is 0.374 e. The summed E-state index contributed by atoms with van der Waals surface area (Å²) in [5, 5.41) is 3.58. The summed E-state index contributed by atoms with van der Waals surface area (Å²) < 4.78 is 15.8. The van der Waals surface area contributed by atoms with E-state index in [1.807, 2.05) is 0 Å². The van der Waals surface area contributed by atoms with Crippen molar-refractivity contribution < 1.29 is 23.5 Å². The van der Waals surface area contributed by atoms with Crippen molar-refractivity contribution in [3.8, 4) is 5.75 Å². The molecule has 0 unspecified atom stereocenters. The van der Waals surface area contributed by atoms with Crippen LogP contribution in [0.2, 0.25) is 0 Å². The molecule has 1 aromatic heterocycles. The molecule has 1 heterocycles. The Hall–Kier alpha value is -3.28. The molecule has 0 saturated carbocycles. The molecule has 1 N–H and O–H groups in total. The predicted molar refractivity (Wildman–Crippen MR) is 97.9 cm³/mol. The average molecular weight is 353 g/mol. The Kier molecular flexibility index (Phi) is 4.93. The molecule has 6 nitrogen and oxygen atoms in total. The number of hydrogen-bond donors (Lipinski definition) is 1. The highest BCUT2D eigenvalue weighted by Crippen LogP contribution is 2.29. The van der Waals surface area contributed by atoms with Crippen LogP contribution in [0.25, 0.3) is 11.0 Å². The average Bonchev–Trinajstić information content (AvgIpc) is 2.98. The highest BCUT2D eigenvalue weighted by molar-refractivity contribution is 6.07. The highest BCUT2D eigenvalue weighted by Gasteiger charge is 2.19. The van der Waals surface area contributed by atoms with Gasteiger partial charge in [0.1, 0.15) is 11.3 Å². The molecule has 0 aliphatic heterocycles. The molecular weight excluding hydrogens is 334 g/mol. The first-order valence-corrected chi connectivity index (χ1v) is 8.19. The molecule has 0 bridgehead atoms. The summed E-state index contributed by atoms with van der Waals surface area (Å²) >= 11 is 0. The van der Waals surface area contributed by atoms with E-state index in [-0.39, 0.29) is 18.3 Å². The number of rotatable bonds is 5. The lowest BCUT2D eigenvalue weighted by Crippen LogP contribution is -2.13. The van der Waals surface area contributed by atoms with Crippen LogP contribution in [-0.4, -0.2) is 25.6 Å². The van der Waals surface area contributed by atoms with Crippen molar-refractivity contribution >= 4 is 28.5 Å². The van der Waals surface area contributed by atoms with Crippen LogP contribution in [0, 0.1) is 6.92 Å². The molecule has 3 rings (SSSR count). The number of methoxy groups -OCH3 is 1. The number of esters is 1. The Morgan fingerprint density at radius 1 is 1.15 bits per heavy atom. The molecule has 0 saturated heterocycles. The second kappa shape index (κ2) is 7.31. The van der Waals surface area contributed by atoms with Crippen LogP contribution >= 0.6 is 0 Å². The number of nitrogens with one attached hydrogen (secondary N) is 1. The van der Waals surface area contributed by atoms with Crippen molar-refractivity contribution in [2.24, 2.45) is 0 Å². The molecule has 0 atom stereocenters. The van der Waals surface area contributed by atoms with Gasteiger partial charge in [0.15, 0.2) is 0 Å². The van der Waals surface area contributed by atoms with Crippen LogP contribution in [0.15, 0.2) is 46.9 Å². The minimum absolute atomic E-state index is 0.176. The number of amides is 1. The zero-order valence-corrected chi connectivity index (χ0v) is 14.8. The van der Waals surface area contributed by atoms with Gasteiger partial charge in [-0.1, -0.05) is 12.1 Å². The van der Waals surface area contributed by atoms with E-state index < -0.39 is 5.97 Å². The van der Waals surface area contributed by atoms with E-state index in [1.165, 1.54) is 7.11 Å². The first-order chi connectivity index (χ1) is 12.5. The van der Waals surface area contributed by atoms with Crippen LogP contribution in [0.4, 0.5) is 5.69 Å². The van der Waals surface area contributed by atoms with Gasteiger partial charge in [0.2, 0.25) is 5.76 Å². The molecule has 0 fully saturated rings. The third-order valence-electron chi connectivity index (χ3n) is 4.01. The van der Waals surface area contributed by atoms with Gasteiger partial charge in [0.05, 0.1) is 19.3 Å². The molecule has 26 heavy (non-hydrogen) atoms. The number of furan rings is 1. The molecule has 134 valence electrons. The van der Waals surface area contributed by atoms with E-state index in [0.29, 0.717) is 28.1 Å². The van der Waals surface area contributed by atoms with Crippen molar-refractivity contribution in [1.29, 1.82) is 0 Å². The summed E-state index contributed by atoms with van der Waals surface area (Å²) in [5.41, 5.74) is 2.26. The Balaban J connectivity index is 1.90. The molecule has 3 aromatic rings. The Bertz CT molecular complexity index is 973. The van der Waals surface area contributed by atoms with E-state index in [4.69, 9.17) is 13.9 Å². The third kappa shape index (κ3) is 3.26. The van der Waals surface area contributed by atoms with Crippen LogP contribution < -0.4 is 10.1 Å². The summed E-state index contributed by atoms with van der Waals surface area (Å²) in [5.74, 6) is -0.111. The normalized spacial score (nSPS) is 10.6. The van der Waals surface area contributed by atoms with Crippen molar-refractivity contribution in [1.82, 2.24) is 0 Å². The maximum absolute atomic E-state index is 12.5. The lowest BCUT2D eigenvalue weighted by atomic mass is 10.1. The Morgan fingerprint density at radius 2 is 1.92 bits per heavy atom. The Morgan fingerprint density at radius 3 is 2.65 bits per heavy atom. The number of hydrogen-bond acceptors (Lipinski definition) is 5. The largest absolute Gasteiger partial charge is 0.496 e. The lowest BCUT2D eigenvalue weighted by Gasteiger charge is -2.09. The summed E-state index contributed by atoms with van der Waals surface area (Å²) in [4.78, 5) is 24.5. The van der Waals surface area contributed by atoms with E-state index in [9.17, 15) is 9.59 Å². The zero-order chi connectivity index (χ0) is 18.7. The molecule has 0 aliphatic rings. The maximum atomic E-state index is 12.5. The molecular formula is C20H19NO5. The van der Waals surface area contributed by atoms with Crippen LogP contribution in [0.1, 0.15) is 33.4 Å². The molecule has 0 spiro atoms. The summed E-state index contributed by atoms with van der Waals surface area (Å²) in [7, 11) is 1.52. The van der Waals surface area contributed by atoms with Crippen LogP contribution in [0.5, 0.6) is 5.75 Å². The number of ether oxygens (including phenoxy) is 2. The number of anilines is 1. The predicted octanol–water partition coefficient (Wildman–Crippen LogP) is 4.18. The van der Waals surface area contributed by atoms with Crippen LogP contribution in [0.3, 0.4) is 0 Å². The summed E-state index contributed by atoms with van der Waals surface area (Å²) in [6.45, 7) is 3.79. The second-order valence-electron chi connectivity index (χ2n) is 5.64. The molecule has 0 aliphatic carbocycles. The van der Waals surface area contributed by atoms with Crippen molar-refractivity contribution in [3.63, 3.8) is 0 Å². The van der Waals surface area contributed by atoms with Crippen molar-refractivity contribution in [3.05, 3.63) is 59.4 Å². The minimum Gasteiger partial charge on any atom is -0.496 e. The van der Waals surface area contributed by atoms with E-state index in [1.54, 1.807) is 56.3 Å².